The number of aliphatic carboxylic acids is 2. The van der Waals surface area contributed by atoms with Gasteiger partial charge in [0.25, 0.3) is 0 Å². The van der Waals surface area contributed by atoms with Crippen LogP contribution in [0, 0.1) is 5.92 Å². The normalized spacial score (nSPS) is 40.9. The highest BCUT2D eigenvalue weighted by Crippen LogP contribution is 2.43. The zero-order chi connectivity index (χ0) is 9.64. The summed E-state index contributed by atoms with van der Waals surface area (Å²) in [6.45, 7) is 0. The first-order valence-electron chi connectivity index (χ1n) is 3.89. The summed E-state index contributed by atoms with van der Waals surface area (Å²) in [5, 5.41) is 17.6. The van der Waals surface area contributed by atoms with Gasteiger partial charge >= 0.3 is 11.9 Å². The van der Waals surface area contributed by atoms with Gasteiger partial charge in [-0.2, -0.15) is 0 Å². The minimum absolute atomic E-state index is 0.248. The van der Waals surface area contributed by atoms with E-state index in [0.29, 0.717) is 0 Å². The lowest BCUT2D eigenvalue weighted by molar-refractivity contribution is -0.164. The van der Waals surface area contributed by atoms with Crippen LogP contribution in [0.2, 0.25) is 0 Å². The molecule has 0 spiro atoms. The van der Waals surface area contributed by atoms with E-state index in [1.807, 2.05) is 0 Å². The maximum Gasteiger partial charge on any atom is 0.340 e. The van der Waals surface area contributed by atoms with Gasteiger partial charge in [-0.1, -0.05) is 6.08 Å². The molecule has 1 unspecified atom stereocenters. The van der Waals surface area contributed by atoms with Gasteiger partial charge in [0, 0.05) is 0 Å². The average Bonchev–Trinajstić information content (AvgIpc) is 2.60. The molecule has 0 aromatic heterocycles. The van der Waals surface area contributed by atoms with Gasteiger partial charge in [0.15, 0.2) is 5.60 Å². The Morgan fingerprint density at radius 1 is 1.46 bits per heavy atom. The van der Waals surface area contributed by atoms with E-state index in [1.54, 1.807) is 6.08 Å². The largest absolute Gasteiger partial charge is 0.481 e. The minimum Gasteiger partial charge on any atom is -0.481 e. The van der Waals surface area contributed by atoms with Crippen molar-refractivity contribution >= 4 is 11.9 Å². The van der Waals surface area contributed by atoms with E-state index in [4.69, 9.17) is 14.9 Å². The molecule has 2 aliphatic heterocycles. The van der Waals surface area contributed by atoms with Crippen LogP contribution in [-0.4, -0.2) is 33.9 Å². The third-order valence-electron chi connectivity index (χ3n) is 2.52. The lowest BCUT2D eigenvalue weighted by Gasteiger charge is -2.21. The predicted octanol–water partition coefficient (Wildman–Crippen LogP) is -0.131. The molecule has 0 amide bonds. The standard InChI is InChI=1S/C8H8O5/c9-6(10)5-3-4-1-2-8(5,13-4)7(11)12/h1-2,4-5H,3H2,(H,9,10)(H,11,12)/t4-,5?,8+/m0/s1. The lowest BCUT2D eigenvalue weighted by atomic mass is 9.83. The molecule has 1 saturated heterocycles. The second-order valence-electron chi connectivity index (χ2n) is 3.24. The third-order valence-corrected chi connectivity index (χ3v) is 2.52. The number of carboxylic acid groups (broad SMARTS) is 2. The molecule has 2 heterocycles. The smallest absolute Gasteiger partial charge is 0.340 e. The Labute approximate surface area is 73.6 Å². The van der Waals surface area contributed by atoms with Gasteiger partial charge in [-0.25, -0.2) is 4.79 Å². The summed E-state index contributed by atoms with van der Waals surface area (Å²) >= 11 is 0. The van der Waals surface area contributed by atoms with Crippen molar-refractivity contribution in [1.29, 1.82) is 0 Å². The number of rotatable bonds is 2. The van der Waals surface area contributed by atoms with Gasteiger partial charge in [-0.3, -0.25) is 4.79 Å². The molecule has 2 N–H and O–H groups in total. The number of ether oxygens (including phenoxy) is 1. The van der Waals surface area contributed by atoms with E-state index in [1.165, 1.54) is 6.08 Å². The number of fused-ring (bicyclic) bond motifs is 2. The van der Waals surface area contributed by atoms with Crippen LogP contribution in [0.5, 0.6) is 0 Å². The van der Waals surface area contributed by atoms with Crippen LogP contribution in [0.4, 0.5) is 0 Å². The first kappa shape index (κ1) is 8.25. The van der Waals surface area contributed by atoms with Crippen molar-refractivity contribution in [3.63, 3.8) is 0 Å². The quantitative estimate of drug-likeness (QED) is 0.584. The Morgan fingerprint density at radius 3 is 2.54 bits per heavy atom. The molecular weight excluding hydrogens is 176 g/mol. The number of carboxylic acids is 2. The minimum atomic E-state index is -1.61. The van der Waals surface area contributed by atoms with Gasteiger partial charge < -0.3 is 14.9 Å². The molecule has 0 aliphatic carbocycles. The highest BCUT2D eigenvalue weighted by atomic mass is 16.5. The number of hydrogen-bond donors (Lipinski definition) is 2. The van der Waals surface area contributed by atoms with Gasteiger partial charge in [-0.05, 0) is 12.5 Å². The Kier molecular flexibility index (Phi) is 1.47. The lowest BCUT2D eigenvalue weighted by Crippen LogP contribution is -2.44. The first-order valence-corrected chi connectivity index (χ1v) is 3.89. The molecule has 70 valence electrons. The summed E-state index contributed by atoms with van der Waals surface area (Å²) in [7, 11) is 0. The highest BCUT2D eigenvalue weighted by Gasteiger charge is 2.58. The van der Waals surface area contributed by atoms with Gasteiger partial charge in [-0.15, -0.1) is 0 Å². The second-order valence-corrected chi connectivity index (χ2v) is 3.24. The molecule has 0 aromatic rings. The number of carbonyl (C=O) groups is 2. The molecule has 3 atom stereocenters. The first-order chi connectivity index (χ1) is 6.06. The summed E-state index contributed by atoms with van der Waals surface area (Å²) < 4.78 is 5.10. The van der Waals surface area contributed by atoms with Crippen molar-refractivity contribution in [2.45, 2.75) is 18.1 Å². The predicted molar refractivity (Wildman–Crippen MR) is 40.1 cm³/mol. The van der Waals surface area contributed by atoms with E-state index in [0.717, 1.165) is 0 Å². The Balaban J connectivity index is 2.39. The second kappa shape index (κ2) is 2.32. The molecule has 5 nitrogen and oxygen atoms in total. The molecule has 2 aliphatic rings. The molecule has 13 heavy (non-hydrogen) atoms. The molecule has 0 radical (unpaired) electrons. The van der Waals surface area contributed by atoms with Crippen molar-refractivity contribution in [2.24, 2.45) is 5.92 Å². The van der Waals surface area contributed by atoms with Crippen LogP contribution >= 0.6 is 0 Å². The summed E-state index contributed by atoms with van der Waals surface area (Å²) in [6.07, 6.45) is 2.84. The van der Waals surface area contributed by atoms with Gasteiger partial charge in [0.05, 0.1) is 6.10 Å². The molecule has 0 saturated carbocycles. The van der Waals surface area contributed by atoms with Crippen molar-refractivity contribution in [2.75, 3.05) is 0 Å². The molecule has 1 fully saturated rings. The van der Waals surface area contributed by atoms with Crippen molar-refractivity contribution < 1.29 is 24.5 Å². The van der Waals surface area contributed by atoms with Crippen molar-refractivity contribution in [1.82, 2.24) is 0 Å². The Hall–Kier alpha value is -1.36. The fourth-order valence-corrected chi connectivity index (χ4v) is 1.87. The number of hydrogen-bond acceptors (Lipinski definition) is 3. The fraction of sp³-hybridized carbons (Fsp3) is 0.500. The van der Waals surface area contributed by atoms with E-state index in [-0.39, 0.29) is 12.5 Å². The zero-order valence-electron chi connectivity index (χ0n) is 6.64. The van der Waals surface area contributed by atoms with Crippen LogP contribution in [-0.2, 0) is 14.3 Å². The third kappa shape index (κ3) is 0.904. The van der Waals surface area contributed by atoms with Crippen LogP contribution in [0.15, 0.2) is 12.2 Å². The van der Waals surface area contributed by atoms with Crippen LogP contribution in [0.25, 0.3) is 0 Å². The fourth-order valence-electron chi connectivity index (χ4n) is 1.87. The van der Waals surface area contributed by atoms with Crippen LogP contribution in [0.1, 0.15) is 6.42 Å². The Bertz CT molecular complexity index is 308. The summed E-state index contributed by atoms with van der Waals surface area (Å²) in [6, 6.07) is 0. The van der Waals surface area contributed by atoms with Crippen LogP contribution < -0.4 is 0 Å². The average molecular weight is 184 g/mol. The SMILES string of the molecule is O=C(O)C1C[C@@H]2C=C[C@@]1(C(=O)O)O2. The van der Waals surface area contributed by atoms with E-state index in [2.05, 4.69) is 0 Å². The molecule has 2 bridgehead atoms. The molecule has 2 rings (SSSR count). The van der Waals surface area contributed by atoms with Crippen molar-refractivity contribution in [3.05, 3.63) is 12.2 Å². The topological polar surface area (TPSA) is 83.8 Å². The highest BCUT2D eigenvalue weighted by molar-refractivity contribution is 5.89. The summed E-state index contributed by atoms with van der Waals surface area (Å²) in [4.78, 5) is 21.6. The molecule has 5 heteroatoms. The summed E-state index contributed by atoms with van der Waals surface area (Å²) in [5.74, 6) is -3.30. The van der Waals surface area contributed by atoms with E-state index < -0.39 is 23.5 Å². The van der Waals surface area contributed by atoms with E-state index in [9.17, 15) is 9.59 Å². The maximum atomic E-state index is 10.9. The van der Waals surface area contributed by atoms with Gasteiger partial charge in [0.1, 0.15) is 5.92 Å². The summed E-state index contributed by atoms with van der Waals surface area (Å²) in [5.41, 5.74) is -1.61. The van der Waals surface area contributed by atoms with E-state index >= 15 is 0 Å². The monoisotopic (exact) mass is 184 g/mol. The van der Waals surface area contributed by atoms with Crippen LogP contribution in [0.3, 0.4) is 0 Å². The zero-order valence-corrected chi connectivity index (χ0v) is 6.64. The van der Waals surface area contributed by atoms with Crippen molar-refractivity contribution in [3.8, 4) is 0 Å². The Morgan fingerprint density at radius 2 is 2.15 bits per heavy atom. The molecule has 0 aromatic carbocycles. The maximum absolute atomic E-state index is 10.9. The van der Waals surface area contributed by atoms with Gasteiger partial charge in [0.2, 0.25) is 0 Å². The molecular formula is C8H8O5.